The first kappa shape index (κ1) is 20.8. The van der Waals surface area contributed by atoms with Crippen LogP contribution in [0, 0.1) is 0 Å². The van der Waals surface area contributed by atoms with Crippen LogP contribution < -0.4 is 9.47 Å². The highest BCUT2D eigenvalue weighted by Gasteiger charge is 2.37. The molecule has 0 spiro atoms. The van der Waals surface area contributed by atoms with Gasteiger partial charge >= 0.3 is 0 Å². The van der Waals surface area contributed by atoms with E-state index in [0.29, 0.717) is 24.1 Å². The van der Waals surface area contributed by atoms with Crippen LogP contribution >= 0.6 is 0 Å². The van der Waals surface area contributed by atoms with Crippen molar-refractivity contribution in [1.82, 2.24) is 9.80 Å². The van der Waals surface area contributed by atoms with Crippen LogP contribution in [0.2, 0.25) is 0 Å². The molecule has 0 bridgehead atoms. The minimum Gasteiger partial charge on any atom is -0.497 e. The molecule has 2 fully saturated rings. The maximum atomic E-state index is 6.51. The smallest absolute Gasteiger partial charge is 0.120 e. The summed E-state index contributed by atoms with van der Waals surface area (Å²) in [5.41, 5.74) is 4.35. The van der Waals surface area contributed by atoms with E-state index in [1.807, 2.05) is 0 Å². The van der Waals surface area contributed by atoms with Crippen molar-refractivity contribution in [2.75, 3.05) is 33.3 Å². The van der Waals surface area contributed by atoms with Crippen molar-refractivity contribution < 1.29 is 9.47 Å². The van der Waals surface area contributed by atoms with Gasteiger partial charge in [0.15, 0.2) is 0 Å². The van der Waals surface area contributed by atoms with Gasteiger partial charge in [0.1, 0.15) is 17.6 Å². The van der Waals surface area contributed by atoms with Crippen molar-refractivity contribution in [3.8, 4) is 11.5 Å². The number of piperidine rings is 1. The normalized spacial score (nSPS) is 24.8. The van der Waals surface area contributed by atoms with Gasteiger partial charge in [0.25, 0.3) is 0 Å². The molecule has 4 nitrogen and oxygen atoms in total. The average Bonchev–Trinajstić information content (AvgIpc) is 3.28. The quantitative estimate of drug-likeness (QED) is 0.661. The van der Waals surface area contributed by atoms with E-state index in [9.17, 15) is 0 Å². The van der Waals surface area contributed by atoms with Gasteiger partial charge in [-0.1, -0.05) is 18.2 Å². The summed E-state index contributed by atoms with van der Waals surface area (Å²) < 4.78 is 11.9. The average molecular weight is 421 g/mol. The fraction of sp³-hybridized carbons (Fsp3) is 0.556. The van der Waals surface area contributed by atoms with Crippen molar-refractivity contribution in [3.05, 3.63) is 59.2 Å². The lowest BCUT2D eigenvalue weighted by molar-refractivity contribution is 0.0840. The summed E-state index contributed by atoms with van der Waals surface area (Å²) in [5.74, 6) is 2.40. The minimum absolute atomic E-state index is 0.341. The SMILES string of the molecule is COc1ccc([C@H]2CN3CCC[C@H]3c3cc(OC4CCN(C(C)C)CC4)ccc32)cc1. The fourth-order valence-electron chi connectivity index (χ4n) is 5.79. The van der Waals surface area contributed by atoms with E-state index in [1.165, 1.54) is 36.1 Å². The second-order valence-electron chi connectivity index (χ2n) is 9.72. The molecule has 2 aromatic rings. The Balaban J connectivity index is 1.38. The summed E-state index contributed by atoms with van der Waals surface area (Å²) >= 11 is 0. The van der Waals surface area contributed by atoms with Crippen LogP contribution in [0.5, 0.6) is 11.5 Å². The van der Waals surface area contributed by atoms with Crippen LogP contribution in [0.1, 0.15) is 68.2 Å². The van der Waals surface area contributed by atoms with Gasteiger partial charge in [-0.2, -0.15) is 0 Å². The molecule has 0 radical (unpaired) electrons. The lowest BCUT2D eigenvalue weighted by Crippen LogP contribution is -2.41. The molecule has 0 unspecified atom stereocenters. The minimum atomic E-state index is 0.341. The molecule has 0 N–H and O–H groups in total. The van der Waals surface area contributed by atoms with Gasteiger partial charge in [-0.05, 0) is 87.0 Å². The standard InChI is InChI=1S/C27H36N2O2/c1-19(2)28-15-12-22(13-16-28)31-23-10-11-24-25(17-23)27-5-4-14-29(27)18-26(24)20-6-8-21(30-3)9-7-20/h6-11,17,19,22,26-27H,4-5,12-16,18H2,1-3H3/t26-,27+/m1/s1. The van der Waals surface area contributed by atoms with E-state index in [1.54, 1.807) is 7.11 Å². The number of nitrogens with zero attached hydrogens (tertiary/aromatic N) is 2. The van der Waals surface area contributed by atoms with E-state index >= 15 is 0 Å². The van der Waals surface area contributed by atoms with Gasteiger partial charge in [-0.25, -0.2) is 0 Å². The van der Waals surface area contributed by atoms with E-state index in [4.69, 9.17) is 9.47 Å². The zero-order valence-corrected chi connectivity index (χ0v) is 19.2. The Hall–Kier alpha value is -2.04. The maximum Gasteiger partial charge on any atom is 0.120 e. The predicted octanol–water partition coefficient (Wildman–Crippen LogP) is 5.23. The summed E-state index contributed by atoms with van der Waals surface area (Å²) in [6.07, 6.45) is 5.14. The molecular weight excluding hydrogens is 384 g/mol. The van der Waals surface area contributed by atoms with Gasteiger partial charge in [-0.15, -0.1) is 0 Å². The molecule has 2 aromatic carbocycles. The molecular formula is C27H36N2O2. The number of hydrogen-bond donors (Lipinski definition) is 0. The second-order valence-corrected chi connectivity index (χ2v) is 9.72. The largest absolute Gasteiger partial charge is 0.497 e. The summed E-state index contributed by atoms with van der Waals surface area (Å²) in [7, 11) is 1.73. The Labute approximate surface area is 187 Å². The molecule has 3 aliphatic heterocycles. The molecule has 3 heterocycles. The summed E-state index contributed by atoms with van der Waals surface area (Å²) in [4.78, 5) is 5.24. The fourth-order valence-corrected chi connectivity index (χ4v) is 5.79. The van der Waals surface area contributed by atoms with Gasteiger partial charge in [-0.3, -0.25) is 4.90 Å². The molecule has 5 rings (SSSR count). The third-order valence-electron chi connectivity index (χ3n) is 7.60. The van der Waals surface area contributed by atoms with E-state index < -0.39 is 0 Å². The number of ether oxygens (including phenoxy) is 2. The Morgan fingerprint density at radius 3 is 2.32 bits per heavy atom. The Kier molecular flexibility index (Phi) is 5.94. The van der Waals surface area contributed by atoms with E-state index in [2.05, 4.69) is 66.1 Å². The number of hydrogen-bond acceptors (Lipinski definition) is 4. The Morgan fingerprint density at radius 1 is 0.871 bits per heavy atom. The number of fused-ring (bicyclic) bond motifs is 3. The van der Waals surface area contributed by atoms with Gasteiger partial charge in [0.2, 0.25) is 0 Å². The Bertz CT molecular complexity index is 887. The van der Waals surface area contributed by atoms with Crippen molar-refractivity contribution >= 4 is 0 Å². The molecule has 3 aliphatic rings. The number of likely N-dealkylation sites (tertiary alicyclic amines) is 1. The molecule has 0 aliphatic carbocycles. The monoisotopic (exact) mass is 420 g/mol. The highest BCUT2D eigenvalue weighted by atomic mass is 16.5. The van der Waals surface area contributed by atoms with Crippen LogP contribution in [0.15, 0.2) is 42.5 Å². The van der Waals surface area contributed by atoms with Crippen LogP contribution in [0.4, 0.5) is 0 Å². The third-order valence-corrected chi connectivity index (χ3v) is 7.60. The summed E-state index contributed by atoms with van der Waals surface area (Å²) in [5, 5.41) is 0. The first-order chi connectivity index (χ1) is 15.1. The first-order valence-corrected chi connectivity index (χ1v) is 12.0. The third kappa shape index (κ3) is 4.20. The predicted molar refractivity (Wildman–Crippen MR) is 125 cm³/mol. The lowest BCUT2D eigenvalue weighted by atomic mass is 9.81. The molecule has 31 heavy (non-hydrogen) atoms. The molecule has 0 aromatic heterocycles. The molecule has 0 saturated carbocycles. The molecule has 0 amide bonds. The second kappa shape index (κ2) is 8.84. The molecule has 166 valence electrons. The summed E-state index contributed by atoms with van der Waals surface area (Å²) in [6.45, 7) is 9.17. The lowest BCUT2D eigenvalue weighted by Gasteiger charge is -2.38. The highest BCUT2D eigenvalue weighted by molar-refractivity contribution is 5.47. The Morgan fingerprint density at radius 2 is 1.61 bits per heavy atom. The van der Waals surface area contributed by atoms with Crippen molar-refractivity contribution in [1.29, 1.82) is 0 Å². The molecule has 2 atom stereocenters. The van der Waals surface area contributed by atoms with Crippen LogP contribution in [0.25, 0.3) is 0 Å². The molecule has 2 saturated heterocycles. The van der Waals surface area contributed by atoms with E-state index in [-0.39, 0.29) is 0 Å². The van der Waals surface area contributed by atoms with E-state index in [0.717, 1.165) is 44.0 Å². The van der Waals surface area contributed by atoms with Gasteiger partial charge in [0, 0.05) is 37.6 Å². The molecule has 4 heteroatoms. The van der Waals surface area contributed by atoms with Crippen LogP contribution in [-0.4, -0.2) is 55.2 Å². The van der Waals surface area contributed by atoms with Gasteiger partial charge < -0.3 is 14.4 Å². The van der Waals surface area contributed by atoms with Crippen molar-refractivity contribution in [2.45, 2.75) is 63.6 Å². The number of benzene rings is 2. The zero-order chi connectivity index (χ0) is 21.4. The summed E-state index contributed by atoms with van der Waals surface area (Å²) in [6, 6.07) is 16.8. The zero-order valence-electron chi connectivity index (χ0n) is 19.2. The highest BCUT2D eigenvalue weighted by Crippen LogP contribution is 2.45. The maximum absolute atomic E-state index is 6.51. The number of rotatable bonds is 5. The number of methoxy groups -OCH3 is 1. The van der Waals surface area contributed by atoms with Gasteiger partial charge in [0.05, 0.1) is 7.11 Å². The first-order valence-electron chi connectivity index (χ1n) is 12.0. The topological polar surface area (TPSA) is 24.9 Å². The van der Waals surface area contributed by atoms with Crippen molar-refractivity contribution in [2.24, 2.45) is 0 Å². The van der Waals surface area contributed by atoms with Crippen LogP contribution in [-0.2, 0) is 0 Å². The van der Waals surface area contributed by atoms with Crippen LogP contribution in [0.3, 0.4) is 0 Å². The van der Waals surface area contributed by atoms with Crippen molar-refractivity contribution in [3.63, 3.8) is 0 Å².